The maximum Gasteiger partial charge on any atom is 0.122 e. The van der Waals surface area contributed by atoms with Gasteiger partial charge in [0, 0.05) is 0 Å². The second kappa shape index (κ2) is 5.54. The first kappa shape index (κ1) is 13.3. The van der Waals surface area contributed by atoms with Gasteiger partial charge < -0.3 is 4.74 Å². The van der Waals surface area contributed by atoms with Crippen molar-refractivity contribution in [2.24, 2.45) is 0 Å². The summed E-state index contributed by atoms with van der Waals surface area (Å²) in [4.78, 5) is 0. The molecule has 0 aromatic heterocycles. The molecule has 0 aliphatic carbocycles. The van der Waals surface area contributed by atoms with E-state index in [9.17, 15) is 0 Å². The molecular weight excluding hydrogens is 210 g/mol. The van der Waals surface area contributed by atoms with Gasteiger partial charge in [0.15, 0.2) is 0 Å². The van der Waals surface area contributed by atoms with E-state index >= 15 is 0 Å². The number of rotatable bonds is 3. The van der Waals surface area contributed by atoms with Crippen molar-refractivity contribution < 1.29 is 4.74 Å². The van der Waals surface area contributed by atoms with Crippen LogP contribution < -0.4 is 4.74 Å². The summed E-state index contributed by atoms with van der Waals surface area (Å²) in [6, 6.07) is 8.19. The fraction of sp³-hybridized carbons (Fsp3) is 0.400. The smallest absolute Gasteiger partial charge is 0.122 e. The zero-order valence-corrected chi connectivity index (χ0v) is 11.2. The van der Waals surface area contributed by atoms with Crippen LogP contribution in [0.25, 0.3) is 5.57 Å². The lowest BCUT2D eigenvalue weighted by Crippen LogP contribution is -1.96. The number of hydrogen-bond acceptors (Lipinski definition) is 2. The Hall–Kier alpha value is -1.75. The molecule has 1 rings (SSSR count). The Morgan fingerprint density at radius 1 is 1.29 bits per heavy atom. The van der Waals surface area contributed by atoms with E-state index in [0.717, 1.165) is 28.0 Å². The van der Waals surface area contributed by atoms with Gasteiger partial charge in [0.1, 0.15) is 5.75 Å². The molecule has 0 unspecified atom stereocenters. The van der Waals surface area contributed by atoms with E-state index in [2.05, 4.69) is 26.0 Å². The van der Waals surface area contributed by atoms with Gasteiger partial charge in [-0.3, -0.25) is 0 Å². The lowest BCUT2D eigenvalue weighted by Gasteiger charge is -2.13. The Morgan fingerprint density at radius 2 is 1.94 bits per heavy atom. The maximum absolute atomic E-state index is 9.17. The van der Waals surface area contributed by atoms with Crippen LogP contribution in [0.2, 0.25) is 0 Å². The predicted molar refractivity (Wildman–Crippen MR) is 71.0 cm³/mol. The van der Waals surface area contributed by atoms with Crippen molar-refractivity contribution in [1.82, 2.24) is 0 Å². The van der Waals surface area contributed by atoms with E-state index in [-0.39, 0.29) is 0 Å². The Morgan fingerprint density at radius 3 is 2.35 bits per heavy atom. The van der Waals surface area contributed by atoms with Crippen LogP contribution in [0.1, 0.15) is 44.7 Å². The van der Waals surface area contributed by atoms with Crippen molar-refractivity contribution in [3.8, 4) is 11.8 Å². The molecule has 0 saturated heterocycles. The molecule has 0 bridgehead atoms. The standard InChI is InChI=1S/C15H19NO/c1-10(2)13-8-12(6-7-15(13)17-5)14(9-16)11(3)4/h6-8,10H,1-5H3. The number of ether oxygens (including phenoxy) is 1. The third kappa shape index (κ3) is 2.88. The summed E-state index contributed by atoms with van der Waals surface area (Å²) in [6.45, 7) is 8.15. The number of nitrogens with zero attached hydrogens (tertiary/aromatic N) is 1. The van der Waals surface area contributed by atoms with Gasteiger partial charge >= 0.3 is 0 Å². The summed E-state index contributed by atoms with van der Waals surface area (Å²) in [5.74, 6) is 1.26. The highest BCUT2D eigenvalue weighted by Gasteiger charge is 2.11. The van der Waals surface area contributed by atoms with Gasteiger partial charge in [-0.25, -0.2) is 0 Å². The molecule has 0 heterocycles. The summed E-state index contributed by atoms with van der Waals surface area (Å²) in [7, 11) is 1.67. The third-order valence-electron chi connectivity index (χ3n) is 2.75. The molecule has 1 aromatic carbocycles. The van der Waals surface area contributed by atoms with Crippen LogP contribution in [0.3, 0.4) is 0 Å². The summed E-state index contributed by atoms with van der Waals surface area (Å²) in [5.41, 5.74) is 3.89. The average molecular weight is 229 g/mol. The molecule has 2 heteroatoms. The van der Waals surface area contributed by atoms with Crippen LogP contribution in [-0.4, -0.2) is 7.11 Å². The predicted octanol–water partition coefficient (Wildman–Crippen LogP) is 4.14. The molecule has 90 valence electrons. The molecule has 0 amide bonds. The Kier molecular flexibility index (Phi) is 4.34. The summed E-state index contributed by atoms with van der Waals surface area (Å²) in [6.07, 6.45) is 0. The van der Waals surface area contributed by atoms with Gasteiger partial charge in [-0.2, -0.15) is 5.26 Å². The van der Waals surface area contributed by atoms with Crippen molar-refractivity contribution in [1.29, 1.82) is 5.26 Å². The number of methoxy groups -OCH3 is 1. The zero-order valence-electron chi connectivity index (χ0n) is 11.2. The van der Waals surface area contributed by atoms with E-state index in [4.69, 9.17) is 10.00 Å². The zero-order chi connectivity index (χ0) is 13.0. The Labute approximate surface area is 104 Å². The van der Waals surface area contributed by atoms with Crippen LogP contribution in [0.15, 0.2) is 23.8 Å². The second-order valence-electron chi connectivity index (χ2n) is 4.60. The van der Waals surface area contributed by atoms with Gasteiger partial charge in [0.05, 0.1) is 18.8 Å². The molecule has 0 atom stereocenters. The quantitative estimate of drug-likeness (QED) is 0.730. The molecule has 0 N–H and O–H groups in total. The largest absolute Gasteiger partial charge is 0.496 e. The molecule has 0 radical (unpaired) electrons. The van der Waals surface area contributed by atoms with Gasteiger partial charge in [-0.05, 0) is 49.1 Å². The van der Waals surface area contributed by atoms with Crippen LogP contribution in [0, 0.1) is 11.3 Å². The second-order valence-corrected chi connectivity index (χ2v) is 4.60. The summed E-state index contributed by atoms with van der Waals surface area (Å²) in [5, 5.41) is 9.17. The number of nitriles is 1. The number of hydrogen-bond donors (Lipinski definition) is 0. The molecule has 0 saturated carbocycles. The van der Waals surface area contributed by atoms with Crippen LogP contribution >= 0.6 is 0 Å². The van der Waals surface area contributed by atoms with E-state index in [0.29, 0.717) is 5.92 Å². The lowest BCUT2D eigenvalue weighted by molar-refractivity contribution is 0.407. The first-order valence-corrected chi connectivity index (χ1v) is 5.77. The number of benzene rings is 1. The molecule has 2 nitrogen and oxygen atoms in total. The fourth-order valence-electron chi connectivity index (χ4n) is 1.81. The summed E-state index contributed by atoms with van der Waals surface area (Å²) >= 11 is 0. The highest BCUT2D eigenvalue weighted by atomic mass is 16.5. The third-order valence-corrected chi connectivity index (χ3v) is 2.75. The van der Waals surface area contributed by atoms with Crippen LogP contribution in [0.4, 0.5) is 0 Å². The van der Waals surface area contributed by atoms with E-state index in [1.807, 2.05) is 26.0 Å². The van der Waals surface area contributed by atoms with Gasteiger partial charge in [-0.1, -0.05) is 19.4 Å². The molecule has 0 aliphatic heterocycles. The Bertz CT molecular complexity index is 474. The minimum absolute atomic E-state index is 0.377. The highest BCUT2D eigenvalue weighted by molar-refractivity contribution is 5.79. The van der Waals surface area contributed by atoms with E-state index < -0.39 is 0 Å². The lowest BCUT2D eigenvalue weighted by atomic mass is 9.95. The monoisotopic (exact) mass is 229 g/mol. The maximum atomic E-state index is 9.17. The number of allylic oxidation sites excluding steroid dienone is 2. The SMILES string of the molecule is COc1ccc(C(C#N)=C(C)C)cc1C(C)C. The molecule has 1 aromatic rings. The normalized spacial score (nSPS) is 9.94. The van der Waals surface area contributed by atoms with Crippen LogP contribution in [-0.2, 0) is 0 Å². The first-order chi connectivity index (χ1) is 8.01. The van der Waals surface area contributed by atoms with Crippen molar-refractivity contribution in [2.45, 2.75) is 33.6 Å². The molecule has 0 aliphatic rings. The van der Waals surface area contributed by atoms with Crippen LogP contribution in [0.5, 0.6) is 5.75 Å². The topological polar surface area (TPSA) is 33.0 Å². The molecule has 17 heavy (non-hydrogen) atoms. The Balaban J connectivity index is 3.36. The van der Waals surface area contributed by atoms with E-state index in [1.165, 1.54) is 0 Å². The van der Waals surface area contributed by atoms with Gasteiger partial charge in [0.2, 0.25) is 0 Å². The van der Waals surface area contributed by atoms with Crippen molar-refractivity contribution >= 4 is 5.57 Å². The molecule has 0 fully saturated rings. The summed E-state index contributed by atoms with van der Waals surface area (Å²) < 4.78 is 5.34. The van der Waals surface area contributed by atoms with Crippen molar-refractivity contribution in [2.75, 3.05) is 7.11 Å². The fourth-order valence-corrected chi connectivity index (χ4v) is 1.81. The minimum Gasteiger partial charge on any atom is -0.496 e. The van der Waals surface area contributed by atoms with Crippen molar-refractivity contribution in [3.63, 3.8) is 0 Å². The van der Waals surface area contributed by atoms with Gasteiger partial charge in [0.25, 0.3) is 0 Å². The molecule has 0 spiro atoms. The minimum atomic E-state index is 0.377. The highest BCUT2D eigenvalue weighted by Crippen LogP contribution is 2.30. The average Bonchev–Trinajstić information content (AvgIpc) is 2.29. The van der Waals surface area contributed by atoms with E-state index in [1.54, 1.807) is 7.11 Å². The van der Waals surface area contributed by atoms with Gasteiger partial charge in [-0.15, -0.1) is 0 Å². The molecular formula is C15H19NO. The first-order valence-electron chi connectivity index (χ1n) is 5.77. The van der Waals surface area contributed by atoms with Crippen molar-refractivity contribution in [3.05, 3.63) is 34.9 Å².